The lowest BCUT2D eigenvalue weighted by Gasteiger charge is -2.23. The van der Waals surface area contributed by atoms with E-state index in [9.17, 15) is 14.7 Å². The van der Waals surface area contributed by atoms with Crippen molar-refractivity contribution < 1.29 is 24.0 Å². The van der Waals surface area contributed by atoms with Crippen LogP contribution in [0.2, 0.25) is 5.02 Å². The number of aromatic nitrogens is 1. The molecule has 1 N–H and O–H groups in total. The minimum Gasteiger partial charge on any atom is -0.507 e. The topological polar surface area (TPSA) is 92.9 Å². The Morgan fingerprint density at radius 1 is 1.19 bits per heavy atom. The van der Waals surface area contributed by atoms with Crippen molar-refractivity contribution >= 4 is 50.8 Å². The smallest absolute Gasteiger partial charge is 0.301 e. The van der Waals surface area contributed by atoms with Crippen LogP contribution in [0, 0.1) is 6.92 Å². The van der Waals surface area contributed by atoms with Gasteiger partial charge in [0.2, 0.25) is 0 Å². The molecule has 0 unspecified atom stereocenters. The number of ketones is 1. The number of nitrogens with zero attached hydrogens (tertiary/aromatic N) is 2. The standard InChI is InChI=1S/C22H16BrClN2O5/c1-11-9-17(25-31-11)26-19(12-3-6-14(23)7-4-12)18(21(28)22(26)29)20(27)13-5-8-16(30-2)15(24)10-13/h3-10,19,27H,1-2H3/b20-18+/t19-/m1/s1. The molecule has 2 heterocycles. The third-order valence-electron chi connectivity index (χ3n) is 4.92. The van der Waals surface area contributed by atoms with Crippen molar-refractivity contribution in [2.75, 3.05) is 12.0 Å². The number of Topliss-reactive ketones (excluding diaryl/α,β-unsaturated/α-hetero) is 1. The number of halogens is 2. The summed E-state index contributed by atoms with van der Waals surface area (Å²) in [6.07, 6.45) is 0. The molecule has 1 fully saturated rings. The summed E-state index contributed by atoms with van der Waals surface area (Å²) in [6, 6.07) is 12.3. The Hall–Kier alpha value is -3.10. The lowest BCUT2D eigenvalue weighted by molar-refractivity contribution is -0.132. The number of aliphatic hydroxyl groups is 1. The highest BCUT2D eigenvalue weighted by Crippen LogP contribution is 2.42. The summed E-state index contributed by atoms with van der Waals surface area (Å²) >= 11 is 9.58. The fourth-order valence-corrected chi connectivity index (χ4v) is 3.99. The van der Waals surface area contributed by atoms with Crippen molar-refractivity contribution in [3.05, 3.63) is 80.5 Å². The lowest BCUT2D eigenvalue weighted by Crippen LogP contribution is -2.29. The normalized spacial score (nSPS) is 17.9. The van der Waals surface area contributed by atoms with E-state index in [-0.39, 0.29) is 27.7 Å². The molecule has 7 nitrogen and oxygen atoms in total. The number of hydrogen-bond donors (Lipinski definition) is 1. The summed E-state index contributed by atoms with van der Waals surface area (Å²) in [6.45, 7) is 1.68. The van der Waals surface area contributed by atoms with Crippen LogP contribution in [0.25, 0.3) is 5.76 Å². The SMILES string of the molecule is COc1ccc(/C(O)=C2\C(=O)C(=O)N(c3cc(C)on3)[C@@H]2c2ccc(Br)cc2)cc1Cl. The van der Waals surface area contributed by atoms with Gasteiger partial charge in [-0.3, -0.25) is 14.5 Å². The Morgan fingerprint density at radius 2 is 1.90 bits per heavy atom. The quantitative estimate of drug-likeness (QED) is 0.305. The van der Waals surface area contributed by atoms with Crippen LogP contribution in [0.1, 0.15) is 22.9 Å². The van der Waals surface area contributed by atoms with Crippen LogP contribution in [-0.2, 0) is 9.59 Å². The van der Waals surface area contributed by atoms with Crippen LogP contribution < -0.4 is 9.64 Å². The van der Waals surface area contributed by atoms with E-state index in [1.54, 1.807) is 49.4 Å². The minimum absolute atomic E-state index is 0.0748. The van der Waals surface area contributed by atoms with E-state index in [2.05, 4.69) is 21.1 Å². The summed E-state index contributed by atoms with van der Waals surface area (Å²) in [5.74, 6) is -0.923. The molecule has 1 amide bonds. The molecule has 2 aromatic carbocycles. The fraction of sp³-hybridized carbons (Fsp3) is 0.136. The zero-order valence-corrected chi connectivity index (χ0v) is 18.8. The molecule has 158 valence electrons. The van der Waals surface area contributed by atoms with Crippen molar-refractivity contribution in [2.45, 2.75) is 13.0 Å². The van der Waals surface area contributed by atoms with E-state index in [0.717, 1.165) is 4.47 Å². The van der Waals surface area contributed by atoms with E-state index < -0.39 is 17.7 Å². The number of ether oxygens (including phenoxy) is 1. The Bertz CT molecular complexity index is 1220. The van der Waals surface area contributed by atoms with Gasteiger partial charge in [-0.25, -0.2) is 0 Å². The number of amides is 1. The number of aliphatic hydroxyl groups excluding tert-OH is 1. The maximum Gasteiger partial charge on any atom is 0.301 e. The molecule has 0 bridgehead atoms. The predicted octanol–water partition coefficient (Wildman–Crippen LogP) is 5.03. The molecule has 4 rings (SSSR count). The van der Waals surface area contributed by atoms with Crippen LogP contribution in [0.3, 0.4) is 0 Å². The lowest BCUT2D eigenvalue weighted by atomic mass is 9.95. The number of carbonyl (C=O) groups is 2. The van der Waals surface area contributed by atoms with Crippen LogP contribution in [0.5, 0.6) is 5.75 Å². The zero-order valence-electron chi connectivity index (χ0n) is 16.4. The summed E-state index contributed by atoms with van der Waals surface area (Å²) in [5, 5.41) is 15.2. The highest BCUT2D eigenvalue weighted by atomic mass is 79.9. The Labute approximate surface area is 191 Å². The van der Waals surface area contributed by atoms with Gasteiger partial charge in [-0.1, -0.05) is 44.8 Å². The third-order valence-corrected chi connectivity index (χ3v) is 5.74. The predicted molar refractivity (Wildman–Crippen MR) is 118 cm³/mol. The van der Waals surface area contributed by atoms with Gasteiger partial charge in [-0.2, -0.15) is 0 Å². The molecule has 0 radical (unpaired) electrons. The highest BCUT2D eigenvalue weighted by Gasteiger charge is 2.48. The monoisotopic (exact) mass is 502 g/mol. The second-order valence-electron chi connectivity index (χ2n) is 6.87. The van der Waals surface area contributed by atoms with E-state index >= 15 is 0 Å². The van der Waals surface area contributed by atoms with Crippen LogP contribution in [-0.4, -0.2) is 29.1 Å². The first-order valence-electron chi connectivity index (χ1n) is 9.15. The van der Waals surface area contributed by atoms with Crippen molar-refractivity contribution in [2.24, 2.45) is 0 Å². The molecule has 1 atom stereocenters. The van der Waals surface area contributed by atoms with Crippen LogP contribution >= 0.6 is 27.5 Å². The van der Waals surface area contributed by atoms with Crippen molar-refractivity contribution in [3.8, 4) is 5.75 Å². The average molecular weight is 504 g/mol. The third kappa shape index (κ3) is 3.73. The summed E-state index contributed by atoms with van der Waals surface area (Å²) in [7, 11) is 1.47. The van der Waals surface area contributed by atoms with E-state index in [4.69, 9.17) is 20.9 Å². The molecule has 1 aliphatic heterocycles. The molecule has 0 spiro atoms. The number of anilines is 1. The number of rotatable bonds is 4. The first kappa shape index (κ1) is 21.1. The summed E-state index contributed by atoms with van der Waals surface area (Å²) in [5.41, 5.74) is 0.820. The molecule has 0 aliphatic carbocycles. The van der Waals surface area contributed by atoms with Gasteiger partial charge in [0, 0.05) is 16.1 Å². The van der Waals surface area contributed by atoms with Gasteiger partial charge in [0.1, 0.15) is 17.3 Å². The molecule has 9 heteroatoms. The second kappa shape index (κ2) is 8.20. The Morgan fingerprint density at radius 3 is 2.48 bits per heavy atom. The minimum atomic E-state index is -0.904. The van der Waals surface area contributed by atoms with Gasteiger partial charge in [0.25, 0.3) is 5.78 Å². The molecule has 3 aromatic rings. The van der Waals surface area contributed by atoms with Crippen molar-refractivity contribution in [1.82, 2.24) is 5.16 Å². The molecule has 1 saturated heterocycles. The van der Waals surface area contributed by atoms with Gasteiger partial charge in [0.15, 0.2) is 5.82 Å². The molecule has 1 aromatic heterocycles. The number of methoxy groups -OCH3 is 1. The molecular formula is C22H16BrClN2O5. The first-order chi connectivity index (χ1) is 14.8. The number of hydrogen-bond acceptors (Lipinski definition) is 6. The zero-order chi connectivity index (χ0) is 22.3. The highest BCUT2D eigenvalue weighted by molar-refractivity contribution is 9.10. The number of benzene rings is 2. The van der Waals surface area contributed by atoms with E-state index in [1.807, 2.05) is 0 Å². The molecule has 0 saturated carbocycles. The van der Waals surface area contributed by atoms with Gasteiger partial charge >= 0.3 is 5.91 Å². The van der Waals surface area contributed by atoms with E-state index in [0.29, 0.717) is 17.1 Å². The first-order valence-corrected chi connectivity index (χ1v) is 10.3. The van der Waals surface area contributed by atoms with Crippen molar-refractivity contribution in [1.29, 1.82) is 0 Å². The second-order valence-corrected chi connectivity index (χ2v) is 8.19. The molecule has 31 heavy (non-hydrogen) atoms. The summed E-state index contributed by atoms with van der Waals surface area (Å²) < 4.78 is 11.1. The molecular weight excluding hydrogens is 488 g/mol. The number of carbonyl (C=O) groups excluding carboxylic acids is 2. The maximum atomic E-state index is 13.0. The largest absolute Gasteiger partial charge is 0.507 e. The average Bonchev–Trinajstić information content (AvgIpc) is 3.29. The maximum absolute atomic E-state index is 13.0. The number of aryl methyl sites for hydroxylation is 1. The van der Waals surface area contributed by atoms with Crippen LogP contribution in [0.4, 0.5) is 5.82 Å². The Balaban J connectivity index is 1.93. The van der Waals surface area contributed by atoms with Gasteiger partial charge in [-0.05, 0) is 42.8 Å². The van der Waals surface area contributed by atoms with E-state index in [1.165, 1.54) is 18.1 Å². The van der Waals surface area contributed by atoms with Crippen LogP contribution in [0.15, 0.2) is 63.1 Å². The Kier molecular flexibility index (Phi) is 5.60. The van der Waals surface area contributed by atoms with Crippen molar-refractivity contribution in [3.63, 3.8) is 0 Å². The molecule has 1 aliphatic rings. The summed E-state index contributed by atoms with van der Waals surface area (Å²) in [4.78, 5) is 27.2. The van der Waals surface area contributed by atoms with Gasteiger partial charge in [-0.15, -0.1) is 0 Å². The van der Waals surface area contributed by atoms with Gasteiger partial charge in [0.05, 0.1) is 23.7 Å². The fourth-order valence-electron chi connectivity index (χ4n) is 3.47. The van der Waals surface area contributed by atoms with Gasteiger partial charge < -0.3 is 14.4 Å².